The largest absolute Gasteiger partial charge is 0.463 e. The second-order valence-electron chi connectivity index (χ2n) is 6.36. The second kappa shape index (κ2) is 11.8. The average Bonchev–Trinajstić information content (AvgIpc) is 2.56. The summed E-state index contributed by atoms with van der Waals surface area (Å²) >= 11 is 0. The molecule has 0 aromatic rings. The van der Waals surface area contributed by atoms with E-state index in [0.717, 1.165) is 25.7 Å². The highest BCUT2D eigenvalue weighted by Gasteiger charge is 2.35. The van der Waals surface area contributed by atoms with E-state index in [0.29, 0.717) is 5.92 Å². The van der Waals surface area contributed by atoms with Crippen LogP contribution in [0.2, 0.25) is 0 Å². The van der Waals surface area contributed by atoms with Gasteiger partial charge in [0.05, 0.1) is 13.2 Å². The van der Waals surface area contributed by atoms with Crippen molar-refractivity contribution in [1.82, 2.24) is 0 Å². The highest BCUT2D eigenvalue weighted by atomic mass is 16.5. The van der Waals surface area contributed by atoms with Crippen LogP contribution in [-0.2, 0) is 9.53 Å². The van der Waals surface area contributed by atoms with E-state index in [4.69, 9.17) is 9.84 Å². The molecular weight excluding hydrogens is 304 g/mol. The lowest BCUT2D eigenvalue weighted by Crippen LogP contribution is -2.49. The Morgan fingerprint density at radius 1 is 1.00 bits per heavy atom. The lowest BCUT2D eigenvalue weighted by molar-refractivity contribution is -0.171. The number of aliphatic hydroxyl groups excluding tert-OH is 5. The molecule has 0 bridgehead atoms. The normalized spacial score (nSPS) is 19.5. The van der Waals surface area contributed by atoms with Gasteiger partial charge in [0.25, 0.3) is 0 Å². The van der Waals surface area contributed by atoms with Crippen LogP contribution in [0.4, 0.5) is 0 Å². The molecule has 0 aliphatic carbocycles. The molecule has 0 amide bonds. The Morgan fingerprint density at radius 3 is 2.09 bits per heavy atom. The molecule has 0 fully saturated rings. The average molecular weight is 336 g/mol. The van der Waals surface area contributed by atoms with E-state index >= 15 is 0 Å². The van der Waals surface area contributed by atoms with Gasteiger partial charge in [-0.05, 0) is 18.3 Å². The van der Waals surface area contributed by atoms with Crippen molar-refractivity contribution >= 4 is 5.97 Å². The Balaban J connectivity index is 4.12. The van der Waals surface area contributed by atoms with Gasteiger partial charge < -0.3 is 30.3 Å². The predicted molar refractivity (Wildman–Crippen MR) is 84.5 cm³/mol. The molecule has 0 spiro atoms. The summed E-state index contributed by atoms with van der Waals surface area (Å²) in [6.45, 7) is 5.57. The van der Waals surface area contributed by atoms with E-state index in [-0.39, 0.29) is 12.5 Å². The zero-order chi connectivity index (χ0) is 18.0. The molecule has 0 heterocycles. The molecule has 0 saturated carbocycles. The molecule has 6 unspecified atom stereocenters. The van der Waals surface area contributed by atoms with Crippen LogP contribution >= 0.6 is 0 Å². The SMILES string of the molecule is CCC(C)CCCC(C)COC(=O)C(O)C(O)C(O)C(O)CO. The fourth-order valence-corrected chi connectivity index (χ4v) is 2.07. The number of carbonyl (C=O) groups is 1. The van der Waals surface area contributed by atoms with E-state index in [2.05, 4.69) is 13.8 Å². The van der Waals surface area contributed by atoms with Crippen molar-refractivity contribution in [3.63, 3.8) is 0 Å². The molecule has 0 rings (SSSR count). The van der Waals surface area contributed by atoms with Gasteiger partial charge in [0.1, 0.15) is 18.3 Å². The van der Waals surface area contributed by atoms with Crippen molar-refractivity contribution in [2.75, 3.05) is 13.2 Å². The maximum Gasteiger partial charge on any atom is 0.337 e. The maximum absolute atomic E-state index is 11.6. The first-order chi connectivity index (χ1) is 10.7. The molecular formula is C16H32O7. The van der Waals surface area contributed by atoms with Crippen molar-refractivity contribution < 1.29 is 35.1 Å². The van der Waals surface area contributed by atoms with Gasteiger partial charge >= 0.3 is 5.97 Å². The summed E-state index contributed by atoms with van der Waals surface area (Å²) in [5.41, 5.74) is 0. The van der Waals surface area contributed by atoms with E-state index < -0.39 is 37.0 Å². The zero-order valence-electron chi connectivity index (χ0n) is 14.3. The van der Waals surface area contributed by atoms with Crippen molar-refractivity contribution in [1.29, 1.82) is 0 Å². The first-order valence-corrected chi connectivity index (χ1v) is 8.24. The lowest BCUT2D eigenvalue weighted by Gasteiger charge is -2.24. The Kier molecular flexibility index (Phi) is 11.4. The number of hydrogen-bond acceptors (Lipinski definition) is 7. The quantitative estimate of drug-likeness (QED) is 0.313. The summed E-state index contributed by atoms with van der Waals surface area (Å²) < 4.78 is 4.93. The Bertz CT molecular complexity index is 324. The minimum absolute atomic E-state index is 0.113. The number of esters is 1. The number of rotatable bonds is 12. The summed E-state index contributed by atoms with van der Waals surface area (Å²) in [7, 11) is 0. The molecule has 7 nitrogen and oxygen atoms in total. The predicted octanol–water partition coefficient (Wildman–Crippen LogP) is -0.182. The molecule has 5 N–H and O–H groups in total. The fourth-order valence-electron chi connectivity index (χ4n) is 2.07. The van der Waals surface area contributed by atoms with Crippen molar-refractivity contribution in [3.8, 4) is 0 Å². The van der Waals surface area contributed by atoms with Crippen LogP contribution in [0, 0.1) is 11.8 Å². The number of ether oxygens (including phenoxy) is 1. The van der Waals surface area contributed by atoms with Gasteiger partial charge in [-0.15, -0.1) is 0 Å². The fraction of sp³-hybridized carbons (Fsp3) is 0.938. The van der Waals surface area contributed by atoms with Gasteiger partial charge in [0, 0.05) is 0 Å². The number of hydrogen-bond donors (Lipinski definition) is 5. The minimum Gasteiger partial charge on any atom is -0.463 e. The molecule has 0 aromatic carbocycles. The van der Waals surface area contributed by atoms with Crippen molar-refractivity contribution in [2.24, 2.45) is 11.8 Å². The van der Waals surface area contributed by atoms with Crippen molar-refractivity contribution in [3.05, 3.63) is 0 Å². The van der Waals surface area contributed by atoms with Gasteiger partial charge in [0.15, 0.2) is 6.10 Å². The van der Waals surface area contributed by atoms with Crippen LogP contribution in [0.1, 0.15) is 46.5 Å². The summed E-state index contributed by atoms with van der Waals surface area (Å²) in [5, 5.41) is 46.5. The Morgan fingerprint density at radius 2 is 1.57 bits per heavy atom. The van der Waals surface area contributed by atoms with Gasteiger partial charge in [-0.25, -0.2) is 4.79 Å². The molecule has 0 radical (unpaired) electrons. The van der Waals surface area contributed by atoms with E-state index in [1.54, 1.807) is 0 Å². The van der Waals surface area contributed by atoms with E-state index in [1.165, 1.54) is 0 Å². The maximum atomic E-state index is 11.6. The van der Waals surface area contributed by atoms with Crippen LogP contribution < -0.4 is 0 Å². The molecule has 0 saturated heterocycles. The number of aliphatic hydroxyl groups is 5. The van der Waals surface area contributed by atoms with E-state index in [1.807, 2.05) is 6.92 Å². The van der Waals surface area contributed by atoms with Crippen molar-refractivity contribution in [2.45, 2.75) is 70.9 Å². The van der Waals surface area contributed by atoms with Gasteiger partial charge in [-0.3, -0.25) is 0 Å². The third kappa shape index (κ3) is 8.62. The molecule has 0 aliphatic rings. The van der Waals surface area contributed by atoms with Crippen LogP contribution in [0.25, 0.3) is 0 Å². The van der Waals surface area contributed by atoms with Crippen LogP contribution in [-0.4, -0.2) is 69.1 Å². The highest BCUT2D eigenvalue weighted by Crippen LogP contribution is 2.15. The molecule has 23 heavy (non-hydrogen) atoms. The smallest absolute Gasteiger partial charge is 0.337 e. The standard InChI is InChI=1S/C16H32O7/c1-4-10(2)6-5-7-11(3)9-23-16(22)15(21)14(20)13(19)12(18)8-17/h10-15,17-21H,4-9H2,1-3H3. The van der Waals surface area contributed by atoms with E-state index in [9.17, 15) is 25.2 Å². The first-order valence-electron chi connectivity index (χ1n) is 8.24. The van der Waals surface area contributed by atoms with Gasteiger partial charge in [0.2, 0.25) is 0 Å². The minimum atomic E-state index is -1.97. The zero-order valence-corrected chi connectivity index (χ0v) is 14.3. The van der Waals surface area contributed by atoms with Crippen LogP contribution in [0.3, 0.4) is 0 Å². The van der Waals surface area contributed by atoms with Gasteiger partial charge in [-0.2, -0.15) is 0 Å². The summed E-state index contributed by atoms with van der Waals surface area (Å²) in [5.74, 6) is -0.267. The second-order valence-corrected chi connectivity index (χ2v) is 6.36. The monoisotopic (exact) mass is 336 g/mol. The summed E-state index contributed by atoms with van der Waals surface area (Å²) in [6.07, 6.45) is -3.22. The molecule has 0 aromatic heterocycles. The third-order valence-electron chi connectivity index (χ3n) is 4.10. The van der Waals surface area contributed by atoms with Crippen LogP contribution in [0.15, 0.2) is 0 Å². The topological polar surface area (TPSA) is 127 Å². The molecule has 6 atom stereocenters. The summed E-state index contributed by atoms with van der Waals surface area (Å²) in [4.78, 5) is 11.6. The molecule has 7 heteroatoms. The molecule has 138 valence electrons. The van der Waals surface area contributed by atoms with Crippen LogP contribution in [0.5, 0.6) is 0 Å². The first kappa shape index (κ1) is 22.3. The number of carbonyl (C=O) groups excluding carboxylic acids is 1. The lowest BCUT2D eigenvalue weighted by atomic mass is 9.97. The van der Waals surface area contributed by atoms with Gasteiger partial charge in [-0.1, -0.05) is 40.0 Å². The Labute approximate surface area is 137 Å². The highest BCUT2D eigenvalue weighted by molar-refractivity contribution is 5.75. The Hall–Kier alpha value is -0.730. The third-order valence-corrected chi connectivity index (χ3v) is 4.10. The summed E-state index contributed by atoms with van der Waals surface area (Å²) in [6, 6.07) is 0. The molecule has 0 aliphatic heterocycles.